The van der Waals surface area contributed by atoms with E-state index >= 15 is 0 Å². The van der Waals surface area contributed by atoms with Crippen LogP contribution in [0, 0.1) is 17.3 Å². The molecule has 0 fully saturated rings. The van der Waals surface area contributed by atoms with Crippen LogP contribution in [-0.4, -0.2) is 18.9 Å². The summed E-state index contributed by atoms with van der Waals surface area (Å²) >= 11 is 0. The Hall–Kier alpha value is -0.370. The van der Waals surface area contributed by atoms with Crippen LogP contribution in [0.4, 0.5) is 0 Å². The van der Waals surface area contributed by atoms with Gasteiger partial charge in [0.15, 0.2) is 5.78 Å². The first-order chi connectivity index (χ1) is 7.19. The number of ketones is 1. The molecule has 0 rings (SSSR count). The van der Waals surface area contributed by atoms with Crippen molar-refractivity contribution >= 4 is 5.78 Å². The van der Waals surface area contributed by atoms with E-state index in [0.717, 1.165) is 12.8 Å². The fraction of sp³-hybridized carbons (Fsp3) is 0.929. The number of likely N-dealkylation sites (N-methyl/N-ethyl adjacent to an activating group) is 1. The van der Waals surface area contributed by atoms with Gasteiger partial charge in [0.25, 0.3) is 0 Å². The molecule has 0 spiro atoms. The fourth-order valence-electron chi connectivity index (χ4n) is 2.49. The third-order valence-electron chi connectivity index (χ3n) is 2.98. The lowest BCUT2D eigenvalue weighted by molar-refractivity contribution is -0.124. The third kappa shape index (κ3) is 5.64. The number of hydrogen-bond donors (Lipinski definition) is 1. The highest BCUT2D eigenvalue weighted by molar-refractivity contribution is 5.85. The zero-order valence-corrected chi connectivity index (χ0v) is 12.1. The van der Waals surface area contributed by atoms with Crippen LogP contribution >= 0.6 is 0 Å². The fourth-order valence-corrected chi connectivity index (χ4v) is 2.49. The summed E-state index contributed by atoms with van der Waals surface area (Å²) < 4.78 is 0. The second-order valence-corrected chi connectivity index (χ2v) is 6.36. The van der Waals surface area contributed by atoms with Gasteiger partial charge in [-0.3, -0.25) is 4.79 Å². The van der Waals surface area contributed by atoms with Gasteiger partial charge < -0.3 is 5.32 Å². The van der Waals surface area contributed by atoms with Crippen LogP contribution in [0.1, 0.15) is 54.4 Å². The molecule has 0 heterocycles. The number of carbonyl (C=O) groups excluding carboxylic acids is 1. The summed E-state index contributed by atoms with van der Waals surface area (Å²) in [6.07, 6.45) is 2.09. The number of hydrogen-bond acceptors (Lipinski definition) is 2. The average Bonchev–Trinajstić information content (AvgIpc) is 2.10. The van der Waals surface area contributed by atoms with Gasteiger partial charge in [-0.2, -0.15) is 0 Å². The van der Waals surface area contributed by atoms with E-state index in [1.807, 2.05) is 20.9 Å². The molecule has 0 aliphatic heterocycles. The maximum Gasteiger partial charge on any atom is 0.152 e. The van der Waals surface area contributed by atoms with Crippen LogP contribution in [0.5, 0.6) is 0 Å². The van der Waals surface area contributed by atoms with Crippen molar-refractivity contribution in [3.05, 3.63) is 0 Å². The number of Topliss-reactive ketones (excluding diaryl/α,β-unsaturated/α-hetero) is 1. The Balaban J connectivity index is 4.47. The van der Waals surface area contributed by atoms with Gasteiger partial charge in [-0.15, -0.1) is 0 Å². The zero-order valence-electron chi connectivity index (χ0n) is 12.1. The minimum Gasteiger partial charge on any atom is -0.311 e. The van der Waals surface area contributed by atoms with Crippen molar-refractivity contribution in [2.24, 2.45) is 17.3 Å². The highest BCUT2D eigenvalue weighted by Gasteiger charge is 2.28. The molecule has 2 heteroatoms. The van der Waals surface area contributed by atoms with E-state index in [0.29, 0.717) is 11.7 Å². The Morgan fingerprint density at radius 2 is 1.62 bits per heavy atom. The minimum absolute atomic E-state index is 0.00810. The van der Waals surface area contributed by atoms with Crippen LogP contribution < -0.4 is 5.32 Å². The van der Waals surface area contributed by atoms with E-state index in [2.05, 4.69) is 33.0 Å². The summed E-state index contributed by atoms with van der Waals surface area (Å²) in [4.78, 5) is 12.0. The van der Waals surface area contributed by atoms with E-state index < -0.39 is 0 Å². The minimum atomic E-state index is 0.00810. The molecule has 0 saturated carbocycles. The molecule has 96 valence electrons. The van der Waals surface area contributed by atoms with Gasteiger partial charge in [0.2, 0.25) is 0 Å². The molecule has 0 aliphatic carbocycles. The molecule has 0 saturated heterocycles. The van der Waals surface area contributed by atoms with E-state index in [-0.39, 0.29) is 17.4 Å². The molecule has 0 aliphatic rings. The Morgan fingerprint density at radius 1 is 1.12 bits per heavy atom. The summed E-state index contributed by atoms with van der Waals surface area (Å²) in [5.41, 5.74) is 0.229. The van der Waals surface area contributed by atoms with Gasteiger partial charge in [0.1, 0.15) is 0 Å². The van der Waals surface area contributed by atoms with Gasteiger partial charge in [-0.25, -0.2) is 0 Å². The van der Waals surface area contributed by atoms with Gasteiger partial charge in [0, 0.05) is 5.92 Å². The molecular weight excluding hydrogens is 198 g/mol. The maximum atomic E-state index is 12.0. The van der Waals surface area contributed by atoms with Gasteiger partial charge >= 0.3 is 0 Å². The largest absolute Gasteiger partial charge is 0.311 e. The maximum absolute atomic E-state index is 12.0. The second kappa shape index (κ2) is 6.39. The number of carbonyl (C=O) groups is 1. The molecule has 1 atom stereocenters. The monoisotopic (exact) mass is 227 g/mol. The Kier molecular flexibility index (Phi) is 6.24. The standard InChI is InChI=1S/C14H29NO/c1-10(2)8-14(5,6)9-12(15-7)13(16)11(3)4/h10-12,15H,8-9H2,1-7H3. The van der Waals surface area contributed by atoms with Crippen molar-refractivity contribution in [1.29, 1.82) is 0 Å². The first-order valence-corrected chi connectivity index (χ1v) is 6.40. The highest BCUT2D eigenvalue weighted by atomic mass is 16.1. The van der Waals surface area contributed by atoms with Gasteiger partial charge in [0.05, 0.1) is 6.04 Å². The predicted octanol–water partition coefficient (Wildman–Crippen LogP) is 3.26. The van der Waals surface area contributed by atoms with Crippen molar-refractivity contribution in [2.45, 2.75) is 60.4 Å². The summed E-state index contributed by atoms with van der Waals surface area (Å²) in [6.45, 7) is 12.9. The van der Waals surface area contributed by atoms with Crippen molar-refractivity contribution < 1.29 is 4.79 Å². The quantitative estimate of drug-likeness (QED) is 0.723. The van der Waals surface area contributed by atoms with Crippen LogP contribution in [0.15, 0.2) is 0 Å². The van der Waals surface area contributed by atoms with Crippen molar-refractivity contribution in [2.75, 3.05) is 7.05 Å². The molecule has 0 aromatic rings. The molecule has 0 aromatic carbocycles. The van der Waals surface area contributed by atoms with Crippen molar-refractivity contribution in [1.82, 2.24) is 5.32 Å². The van der Waals surface area contributed by atoms with Gasteiger partial charge in [-0.05, 0) is 31.2 Å². The molecular formula is C14H29NO. The zero-order chi connectivity index (χ0) is 12.9. The normalized spacial score (nSPS) is 14.6. The van der Waals surface area contributed by atoms with E-state index in [1.54, 1.807) is 0 Å². The van der Waals surface area contributed by atoms with E-state index in [1.165, 1.54) is 0 Å². The summed E-state index contributed by atoms with van der Waals surface area (Å²) in [5.74, 6) is 1.13. The summed E-state index contributed by atoms with van der Waals surface area (Å²) in [6, 6.07) is 0.00810. The molecule has 0 amide bonds. The molecule has 2 nitrogen and oxygen atoms in total. The smallest absolute Gasteiger partial charge is 0.152 e. The van der Waals surface area contributed by atoms with Crippen molar-refractivity contribution in [3.8, 4) is 0 Å². The highest BCUT2D eigenvalue weighted by Crippen LogP contribution is 2.31. The summed E-state index contributed by atoms with van der Waals surface area (Å²) in [5, 5.41) is 3.16. The molecule has 1 N–H and O–H groups in total. The lowest BCUT2D eigenvalue weighted by Gasteiger charge is -2.31. The Morgan fingerprint density at radius 3 is 1.94 bits per heavy atom. The lowest BCUT2D eigenvalue weighted by Crippen LogP contribution is -2.40. The summed E-state index contributed by atoms with van der Waals surface area (Å²) in [7, 11) is 1.89. The topological polar surface area (TPSA) is 29.1 Å². The van der Waals surface area contributed by atoms with Crippen molar-refractivity contribution in [3.63, 3.8) is 0 Å². The first-order valence-electron chi connectivity index (χ1n) is 6.40. The lowest BCUT2D eigenvalue weighted by atomic mass is 9.77. The Bertz CT molecular complexity index is 219. The average molecular weight is 227 g/mol. The van der Waals surface area contributed by atoms with Gasteiger partial charge in [-0.1, -0.05) is 41.5 Å². The molecule has 0 bridgehead atoms. The molecule has 16 heavy (non-hydrogen) atoms. The first kappa shape index (κ1) is 15.6. The van der Waals surface area contributed by atoms with Crippen LogP contribution in [0.2, 0.25) is 0 Å². The molecule has 0 radical (unpaired) electrons. The van der Waals surface area contributed by atoms with Crippen LogP contribution in [-0.2, 0) is 4.79 Å². The van der Waals surface area contributed by atoms with E-state index in [9.17, 15) is 4.79 Å². The predicted molar refractivity (Wildman–Crippen MR) is 70.5 cm³/mol. The number of nitrogens with one attached hydrogen (secondary N) is 1. The third-order valence-corrected chi connectivity index (χ3v) is 2.98. The second-order valence-electron chi connectivity index (χ2n) is 6.36. The SMILES string of the molecule is CNC(CC(C)(C)CC(C)C)C(=O)C(C)C. The molecule has 0 aromatic heterocycles. The van der Waals surface area contributed by atoms with E-state index in [4.69, 9.17) is 0 Å². The van der Waals surface area contributed by atoms with Crippen LogP contribution in [0.3, 0.4) is 0 Å². The van der Waals surface area contributed by atoms with Crippen LogP contribution in [0.25, 0.3) is 0 Å². The Labute approximate surface area is 101 Å². The molecule has 1 unspecified atom stereocenters. The number of rotatable bonds is 7.